The monoisotopic (exact) mass is 341 g/mol. The molecule has 0 aliphatic heterocycles. The van der Waals surface area contributed by atoms with Crippen LogP contribution >= 0.6 is 0 Å². The molecule has 1 heterocycles. The summed E-state index contributed by atoms with van der Waals surface area (Å²) in [5, 5.41) is 8.48. The van der Waals surface area contributed by atoms with E-state index in [4.69, 9.17) is 4.74 Å². The van der Waals surface area contributed by atoms with E-state index in [1.54, 1.807) is 19.2 Å². The first kappa shape index (κ1) is 17.6. The molecule has 0 amide bonds. The average molecular weight is 341 g/mol. The van der Waals surface area contributed by atoms with Gasteiger partial charge in [-0.15, -0.1) is 5.10 Å². The van der Waals surface area contributed by atoms with Crippen molar-refractivity contribution >= 4 is 5.78 Å². The molecule has 2 aromatic rings. The van der Waals surface area contributed by atoms with Crippen LogP contribution in [0.3, 0.4) is 0 Å². The zero-order chi connectivity index (χ0) is 18.0. The first-order valence-corrected chi connectivity index (χ1v) is 9.10. The van der Waals surface area contributed by atoms with Crippen molar-refractivity contribution in [2.24, 2.45) is 17.8 Å². The molecule has 25 heavy (non-hydrogen) atoms. The average Bonchev–Trinajstić information content (AvgIpc) is 3.10. The largest absolute Gasteiger partial charge is 0.496 e. The van der Waals surface area contributed by atoms with Crippen molar-refractivity contribution in [3.05, 3.63) is 41.7 Å². The normalized spacial score (nSPS) is 23.6. The quantitative estimate of drug-likeness (QED) is 0.767. The molecule has 0 radical (unpaired) electrons. The van der Waals surface area contributed by atoms with E-state index in [0.717, 1.165) is 6.42 Å². The lowest BCUT2D eigenvalue weighted by molar-refractivity contribution is 0.103. The number of para-hydroxylation sites is 1. The van der Waals surface area contributed by atoms with Crippen molar-refractivity contribution in [1.29, 1.82) is 0 Å². The number of carbonyl (C=O) groups excluding carboxylic acids is 1. The second-order valence-electron chi connectivity index (χ2n) is 7.51. The Hall–Kier alpha value is -2.17. The lowest BCUT2D eigenvalue weighted by Crippen LogP contribution is -2.30. The topological polar surface area (TPSA) is 57.0 Å². The Labute approximate surface area is 149 Å². The number of ether oxygens (including phenoxy) is 1. The molecule has 5 heteroatoms. The second kappa shape index (κ2) is 7.38. The summed E-state index contributed by atoms with van der Waals surface area (Å²) in [7, 11) is 1.57. The van der Waals surface area contributed by atoms with Gasteiger partial charge in [-0.25, -0.2) is 4.68 Å². The van der Waals surface area contributed by atoms with Crippen molar-refractivity contribution in [3.8, 4) is 5.75 Å². The van der Waals surface area contributed by atoms with Crippen LogP contribution < -0.4 is 4.74 Å². The van der Waals surface area contributed by atoms with Crippen LogP contribution in [0.4, 0.5) is 0 Å². The Balaban J connectivity index is 1.87. The maximum Gasteiger partial charge on any atom is 0.218 e. The lowest BCUT2D eigenvalue weighted by Gasteiger charge is -2.37. The number of rotatable bonds is 5. The van der Waals surface area contributed by atoms with Gasteiger partial charge < -0.3 is 4.74 Å². The molecule has 5 nitrogen and oxygen atoms in total. The molecule has 0 spiro atoms. The van der Waals surface area contributed by atoms with E-state index < -0.39 is 0 Å². The number of hydrogen-bond donors (Lipinski definition) is 0. The molecule has 1 aromatic carbocycles. The molecule has 0 saturated heterocycles. The predicted molar refractivity (Wildman–Crippen MR) is 96.8 cm³/mol. The van der Waals surface area contributed by atoms with Crippen LogP contribution in [0.5, 0.6) is 5.75 Å². The molecule has 3 rings (SSSR count). The van der Waals surface area contributed by atoms with E-state index in [1.807, 2.05) is 23.0 Å². The Morgan fingerprint density at radius 3 is 2.76 bits per heavy atom. The first-order valence-electron chi connectivity index (χ1n) is 9.10. The third-order valence-corrected chi connectivity index (χ3v) is 5.42. The number of methoxy groups -OCH3 is 1. The molecule has 134 valence electrons. The number of aromatic nitrogens is 3. The molecule has 0 bridgehead atoms. The highest BCUT2D eigenvalue weighted by molar-refractivity contribution is 6.09. The Morgan fingerprint density at radius 2 is 2.04 bits per heavy atom. The Kier molecular flexibility index (Phi) is 5.21. The summed E-state index contributed by atoms with van der Waals surface area (Å²) in [4.78, 5) is 12.8. The Morgan fingerprint density at radius 1 is 1.28 bits per heavy atom. The fourth-order valence-corrected chi connectivity index (χ4v) is 3.97. The van der Waals surface area contributed by atoms with Crippen LogP contribution in [-0.4, -0.2) is 27.9 Å². The number of ketones is 1. The van der Waals surface area contributed by atoms with Crippen LogP contribution in [0.2, 0.25) is 0 Å². The number of hydrogen-bond acceptors (Lipinski definition) is 4. The summed E-state index contributed by atoms with van der Waals surface area (Å²) in [5.74, 6) is 2.27. The molecule has 1 saturated carbocycles. The lowest BCUT2D eigenvalue weighted by atomic mass is 9.74. The van der Waals surface area contributed by atoms with Gasteiger partial charge in [0, 0.05) is 0 Å². The van der Waals surface area contributed by atoms with Crippen LogP contribution in [0, 0.1) is 17.8 Å². The van der Waals surface area contributed by atoms with Crippen molar-refractivity contribution in [2.45, 2.75) is 46.1 Å². The molecule has 0 unspecified atom stereocenters. The van der Waals surface area contributed by atoms with Gasteiger partial charge in [0.1, 0.15) is 5.75 Å². The van der Waals surface area contributed by atoms with Gasteiger partial charge in [-0.3, -0.25) is 4.79 Å². The highest BCUT2D eigenvalue weighted by atomic mass is 16.5. The van der Waals surface area contributed by atoms with Crippen molar-refractivity contribution in [2.75, 3.05) is 7.11 Å². The highest BCUT2D eigenvalue weighted by Gasteiger charge is 2.33. The molecule has 0 N–H and O–H groups in total. The summed E-state index contributed by atoms with van der Waals surface area (Å²) in [6.07, 6.45) is 5.38. The summed E-state index contributed by atoms with van der Waals surface area (Å²) in [5.41, 5.74) is 0.903. The van der Waals surface area contributed by atoms with Crippen LogP contribution in [-0.2, 0) is 0 Å². The standard InChI is InChI=1S/C20H27N3O2/c1-13(2)15-10-9-14(3)11-18(15)23-12-17(21-22-23)20(24)16-7-5-6-8-19(16)25-4/h5-8,12-15,18H,9-11H2,1-4H3/t14-,15+,18-/m1/s1. The minimum absolute atomic E-state index is 0.145. The van der Waals surface area contributed by atoms with Gasteiger partial charge in [-0.05, 0) is 42.7 Å². The van der Waals surface area contributed by atoms with Crippen molar-refractivity contribution < 1.29 is 9.53 Å². The van der Waals surface area contributed by atoms with E-state index >= 15 is 0 Å². The molecular formula is C20H27N3O2. The fourth-order valence-electron chi connectivity index (χ4n) is 3.97. The first-order chi connectivity index (χ1) is 12.0. The van der Waals surface area contributed by atoms with Crippen LogP contribution in [0.15, 0.2) is 30.5 Å². The summed E-state index contributed by atoms with van der Waals surface area (Å²) in [6.45, 7) is 6.83. The highest BCUT2D eigenvalue weighted by Crippen LogP contribution is 2.40. The molecule has 3 atom stereocenters. The van der Waals surface area contributed by atoms with Gasteiger partial charge in [0.25, 0.3) is 0 Å². The van der Waals surface area contributed by atoms with Gasteiger partial charge in [0.05, 0.1) is 24.9 Å². The number of carbonyl (C=O) groups is 1. The van der Waals surface area contributed by atoms with E-state index in [9.17, 15) is 4.79 Å². The Bertz CT molecular complexity index is 738. The molecular weight excluding hydrogens is 314 g/mol. The SMILES string of the molecule is COc1ccccc1C(=O)c1cn([C@@H]2C[C@H](C)CC[C@H]2C(C)C)nn1. The maximum atomic E-state index is 12.8. The molecule has 1 aromatic heterocycles. The van der Waals surface area contributed by atoms with Gasteiger partial charge >= 0.3 is 0 Å². The second-order valence-corrected chi connectivity index (χ2v) is 7.51. The van der Waals surface area contributed by atoms with Gasteiger partial charge in [-0.1, -0.05) is 44.5 Å². The number of benzene rings is 1. The zero-order valence-electron chi connectivity index (χ0n) is 15.5. The van der Waals surface area contributed by atoms with Gasteiger partial charge in [-0.2, -0.15) is 0 Å². The maximum absolute atomic E-state index is 12.8. The minimum atomic E-state index is -0.145. The molecule has 1 aliphatic carbocycles. The van der Waals surface area contributed by atoms with Gasteiger partial charge in [0.2, 0.25) is 5.78 Å². The number of nitrogens with zero attached hydrogens (tertiary/aromatic N) is 3. The molecule has 1 aliphatic rings. The zero-order valence-corrected chi connectivity index (χ0v) is 15.5. The van der Waals surface area contributed by atoms with E-state index in [2.05, 4.69) is 31.1 Å². The summed E-state index contributed by atoms with van der Waals surface area (Å²) >= 11 is 0. The van der Waals surface area contributed by atoms with Crippen molar-refractivity contribution in [1.82, 2.24) is 15.0 Å². The molecule has 1 fully saturated rings. The smallest absolute Gasteiger partial charge is 0.218 e. The van der Waals surface area contributed by atoms with Crippen molar-refractivity contribution in [3.63, 3.8) is 0 Å². The third-order valence-electron chi connectivity index (χ3n) is 5.42. The fraction of sp³-hybridized carbons (Fsp3) is 0.550. The van der Waals surface area contributed by atoms with Crippen LogP contribution in [0.25, 0.3) is 0 Å². The van der Waals surface area contributed by atoms with Gasteiger partial charge in [0.15, 0.2) is 5.69 Å². The van der Waals surface area contributed by atoms with Crippen LogP contribution in [0.1, 0.15) is 62.1 Å². The third kappa shape index (κ3) is 3.60. The summed E-state index contributed by atoms with van der Waals surface area (Å²) in [6, 6.07) is 7.55. The predicted octanol–water partition coefficient (Wildman–Crippen LogP) is 4.15. The van der Waals surface area contributed by atoms with E-state index in [0.29, 0.717) is 40.8 Å². The van der Waals surface area contributed by atoms with E-state index in [1.165, 1.54) is 12.8 Å². The van der Waals surface area contributed by atoms with E-state index in [-0.39, 0.29) is 5.78 Å². The minimum Gasteiger partial charge on any atom is -0.496 e. The summed E-state index contributed by atoms with van der Waals surface area (Å²) < 4.78 is 7.22.